The number of nitrogens with zero attached hydrogens (tertiary/aromatic N) is 2. The molecule has 1 aromatic carbocycles. The Kier molecular flexibility index (Phi) is 7.98. The van der Waals surface area contributed by atoms with Crippen molar-refractivity contribution in [3.05, 3.63) is 29.3 Å². The summed E-state index contributed by atoms with van der Waals surface area (Å²) < 4.78 is 11.7. The van der Waals surface area contributed by atoms with E-state index in [9.17, 15) is 0 Å². The number of hydrogen-bond donors (Lipinski definition) is 2. The Hall–Kier alpha value is -1.79. The van der Waals surface area contributed by atoms with Gasteiger partial charge in [0, 0.05) is 31.1 Å². The summed E-state index contributed by atoms with van der Waals surface area (Å²) in [6.45, 7) is 12.6. The van der Waals surface area contributed by atoms with Crippen molar-refractivity contribution >= 4 is 5.96 Å². The Morgan fingerprint density at radius 2 is 2.18 bits per heavy atom. The highest BCUT2D eigenvalue weighted by Gasteiger charge is 2.23. The average molecular weight is 389 g/mol. The molecule has 0 bridgehead atoms. The molecule has 2 fully saturated rings. The van der Waals surface area contributed by atoms with E-state index in [1.807, 2.05) is 0 Å². The molecular weight excluding hydrogens is 352 g/mol. The van der Waals surface area contributed by atoms with Crippen LogP contribution in [0.4, 0.5) is 0 Å². The van der Waals surface area contributed by atoms with E-state index >= 15 is 0 Å². The van der Waals surface area contributed by atoms with Crippen molar-refractivity contribution in [1.29, 1.82) is 0 Å². The molecule has 0 spiro atoms. The van der Waals surface area contributed by atoms with Gasteiger partial charge in [0.05, 0.1) is 19.8 Å². The van der Waals surface area contributed by atoms with Gasteiger partial charge in [0.25, 0.3) is 0 Å². The maximum absolute atomic E-state index is 6.21. The first-order valence-electron chi connectivity index (χ1n) is 10.8. The molecule has 6 heteroatoms. The summed E-state index contributed by atoms with van der Waals surface area (Å²) in [5, 5.41) is 6.91. The Labute approximate surface area is 169 Å². The molecule has 156 valence electrons. The number of nitrogens with one attached hydrogen (secondary N) is 2. The van der Waals surface area contributed by atoms with Crippen molar-refractivity contribution in [3.63, 3.8) is 0 Å². The third-order valence-corrected chi connectivity index (χ3v) is 5.57. The van der Waals surface area contributed by atoms with E-state index in [0.717, 1.165) is 49.9 Å². The van der Waals surface area contributed by atoms with Crippen LogP contribution in [0.1, 0.15) is 44.2 Å². The first-order chi connectivity index (χ1) is 13.7. The third-order valence-electron chi connectivity index (χ3n) is 5.57. The molecule has 0 saturated carbocycles. The molecular formula is C22H36N4O2. The summed E-state index contributed by atoms with van der Waals surface area (Å²) in [5.74, 6) is 1.81. The van der Waals surface area contributed by atoms with Gasteiger partial charge in [0.15, 0.2) is 5.96 Å². The SMILES string of the molecule is CCNC(=NCc1ccc(C)cc1OC1CCOC1)NCC1CCCN1CC. The standard InChI is InChI=1S/C22H36N4O2/c1-4-23-22(25-15-19-7-6-11-26(19)5-2)24-14-18-9-8-17(3)13-21(18)28-20-10-12-27-16-20/h8-9,13,19-20H,4-7,10-12,14-16H2,1-3H3,(H2,23,24,25). The average Bonchev–Trinajstić information content (AvgIpc) is 3.36. The van der Waals surface area contributed by atoms with E-state index < -0.39 is 0 Å². The first kappa shape index (κ1) is 20.9. The Morgan fingerprint density at radius 1 is 1.29 bits per heavy atom. The van der Waals surface area contributed by atoms with Gasteiger partial charge in [0.2, 0.25) is 0 Å². The lowest BCUT2D eigenvalue weighted by Gasteiger charge is -2.24. The van der Waals surface area contributed by atoms with Gasteiger partial charge >= 0.3 is 0 Å². The van der Waals surface area contributed by atoms with Crippen LogP contribution in [0.2, 0.25) is 0 Å². The van der Waals surface area contributed by atoms with Crippen molar-refractivity contribution in [3.8, 4) is 5.75 Å². The number of likely N-dealkylation sites (N-methyl/N-ethyl adjacent to an activating group) is 1. The summed E-state index contributed by atoms with van der Waals surface area (Å²) >= 11 is 0. The van der Waals surface area contributed by atoms with E-state index in [-0.39, 0.29) is 6.10 Å². The number of ether oxygens (including phenoxy) is 2. The summed E-state index contributed by atoms with van der Waals surface area (Å²) in [5.41, 5.74) is 2.32. The van der Waals surface area contributed by atoms with Crippen molar-refractivity contribution in [2.24, 2.45) is 4.99 Å². The molecule has 2 aliphatic heterocycles. The Bertz CT molecular complexity index is 643. The van der Waals surface area contributed by atoms with Gasteiger partial charge in [-0.3, -0.25) is 4.90 Å². The first-order valence-corrected chi connectivity index (χ1v) is 10.8. The van der Waals surface area contributed by atoms with Crippen LogP contribution in [0.3, 0.4) is 0 Å². The molecule has 2 unspecified atom stereocenters. The number of guanidine groups is 1. The number of hydrogen-bond acceptors (Lipinski definition) is 4. The van der Waals surface area contributed by atoms with Crippen molar-refractivity contribution in [2.45, 2.75) is 58.7 Å². The zero-order valence-corrected chi connectivity index (χ0v) is 17.7. The summed E-state index contributed by atoms with van der Waals surface area (Å²) in [4.78, 5) is 7.37. The molecule has 0 aliphatic carbocycles. The van der Waals surface area contributed by atoms with Crippen LogP contribution in [0.5, 0.6) is 5.75 Å². The van der Waals surface area contributed by atoms with E-state index in [1.54, 1.807) is 0 Å². The highest BCUT2D eigenvalue weighted by molar-refractivity contribution is 5.79. The maximum atomic E-state index is 6.21. The molecule has 6 nitrogen and oxygen atoms in total. The van der Waals surface area contributed by atoms with Crippen molar-refractivity contribution in [2.75, 3.05) is 39.4 Å². The molecule has 28 heavy (non-hydrogen) atoms. The minimum Gasteiger partial charge on any atom is -0.488 e. The lowest BCUT2D eigenvalue weighted by Crippen LogP contribution is -2.44. The largest absolute Gasteiger partial charge is 0.488 e. The number of aliphatic imine (C=N–C) groups is 1. The normalized spacial score (nSPS) is 23.2. The van der Waals surface area contributed by atoms with Crippen LogP contribution in [-0.4, -0.2) is 62.4 Å². The quantitative estimate of drug-likeness (QED) is 0.530. The van der Waals surface area contributed by atoms with Crippen LogP contribution < -0.4 is 15.4 Å². The number of benzene rings is 1. The highest BCUT2D eigenvalue weighted by atomic mass is 16.5. The van der Waals surface area contributed by atoms with Gasteiger partial charge in [0.1, 0.15) is 11.9 Å². The molecule has 2 N–H and O–H groups in total. The van der Waals surface area contributed by atoms with Crippen LogP contribution in [0, 0.1) is 6.92 Å². The fourth-order valence-corrected chi connectivity index (χ4v) is 3.95. The summed E-state index contributed by atoms with van der Waals surface area (Å²) in [7, 11) is 0. The smallest absolute Gasteiger partial charge is 0.191 e. The fraction of sp³-hybridized carbons (Fsp3) is 0.682. The van der Waals surface area contributed by atoms with Crippen LogP contribution in [-0.2, 0) is 11.3 Å². The van der Waals surface area contributed by atoms with Gasteiger partial charge in [-0.1, -0.05) is 19.1 Å². The van der Waals surface area contributed by atoms with Gasteiger partial charge < -0.3 is 20.1 Å². The second kappa shape index (κ2) is 10.7. The topological polar surface area (TPSA) is 58.1 Å². The third kappa shape index (κ3) is 5.85. The van der Waals surface area contributed by atoms with E-state index in [1.165, 1.54) is 24.9 Å². The maximum Gasteiger partial charge on any atom is 0.191 e. The second-order valence-electron chi connectivity index (χ2n) is 7.72. The number of aryl methyl sites for hydroxylation is 1. The highest BCUT2D eigenvalue weighted by Crippen LogP contribution is 2.24. The van der Waals surface area contributed by atoms with Crippen LogP contribution in [0.25, 0.3) is 0 Å². The molecule has 2 saturated heterocycles. The Morgan fingerprint density at radius 3 is 2.93 bits per heavy atom. The van der Waals surface area contributed by atoms with E-state index in [0.29, 0.717) is 19.2 Å². The van der Waals surface area contributed by atoms with Gasteiger partial charge in [-0.05, 0) is 51.4 Å². The molecule has 0 aromatic heterocycles. The monoisotopic (exact) mass is 388 g/mol. The predicted molar refractivity (Wildman–Crippen MR) is 114 cm³/mol. The molecule has 0 radical (unpaired) electrons. The Balaban J connectivity index is 1.63. The molecule has 2 aliphatic rings. The minimum absolute atomic E-state index is 0.151. The zero-order chi connectivity index (χ0) is 19.8. The summed E-state index contributed by atoms with van der Waals surface area (Å²) in [6, 6.07) is 6.97. The summed E-state index contributed by atoms with van der Waals surface area (Å²) in [6.07, 6.45) is 3.66. The van der Waals surface area contributed by atoms with Gasteiger partial charge in [-0.2, -0.15) is 0 Å². The predicted octanol–water partition coefficient (Wildman–Crippen LogP) is 2.70. The lowest BCUT2D eigenvalue weighted by molar-refractivity contribution is 0.140. The molecule has 2 atom stereocenters. The van der Waals surface area contributed by atoms with Crippen molar-refractivity contribution < 1.29 is 9.47 Å². The van der Waals surface area contributed by atoms with Gasteiger partial charge in [-0.25, -0.2) is 4.99 Å². The van der Waals surface area contributed by atoms with Crippen LogP contribution >= 0.6 is 0 Å². The zero-order valence-electron chi connectivity index (χ0n) is 17.7. The van der Waals surface area contributed by atoms with E-state index in [2.05, 4.69) is 54.5 Å². The van der Waals surface area contributed by atoms with Crippen molar-refractivity contribution in [1.82, 2.24) is 15.5 Å². The molecule has 1 aromatic rings. The minimum atomic E-state index is 0.151. The molecule has 0 amide bonds. The van der Waals surface area contributed by atoms with Crippen LogP contribution in [0.15, 0.2) is 23.2 Å². The fourth-order valence-electron chi connectivity index (χ4n) is 3.95. The van der Waals surface area contributed by atoms with E-state index in [4.69, 9.17) is 14.5 Å². The molecule has 2 heterocycles. The number of rotatable bonds is 8. The number of likely N-dealkylation sites (tertiary alicyclic amines) is 1. The molecule has 3 rings (SSSR count). The second-order valence-corrected chi connectivity index (χ2v) is 7.72. The van der Waals surface area contributed by atoms with Gasteiger partial charge in [-0.15, -0.1) is 0 Å². The lowest BCUT2D eigenvalue weighted by atomic mass is 10.1.